The average Bonchev–Trinajstić information content (AvgIpc) is 2.73. The Labute approximate surface area is 190 Å². The van der Waals surface area contributed by atoms with Gasteiger partial charge in [-0.3, -0.25) is 0 Å². The van der Waals surface area contributed by atoms with Crippen molar-refractivity contribution >= 4 is 11.5 Å². The second kappa shape index (κ2) is 10.3. The van der Waals surface area contributed by atoms with E-state index in [4.69, 9.17) is 16.3 Å². The molecule has 4 rings (SSSR count). The van der Waals surface area contributed by atoms with Gasteiger partial charge in [-0.05, 0) is 59.0 Å². The van der Waals surface area contributed by atoms with E-state index >= 15 is 0 Å². The van der Waals surface area contributed by atoms with Crippen LogP contribution >= 0.6 is 0 Å². The molecular formula is C24H36N6O2. The van der Waals surface area contributed by atoms with Gasteiger partial charge in [-0.1, -0.05) is 24.4 Å². The molecule has 1 aromatic heterocycles. The van der Waals surface area contributed by atoms with E-state index in [2.05, 4.69) is 15.1 Å². The van der Waals surface area contributed by atoms with Crippen LogP contribution in [-0.4, -0.2) is 59.0 Å². The molecule has 0 spiro atoms. The Balaban J connectivity index is 0.000000352. The molecule has 0 radical (unpaired) electrons. The third-order valence-electron chi connectivity index (χ3n) is 6.04. The number of rotatable bonds is 4. The third kappa shape index (κ3) is 5.37. The number of phenols is 1. The molecular weight excluding hydrogens is 404 g/mol. The molecule has 1 heterocycles. The quantitative estimate of drug-likeness (QED) is 0.492. The minimum Gasteiger partial charge on any atom is -0.508 e. The maximum atomic E-state index is 9.96. The lowest BCUT2D eigenvalue weighted by Gasteiger charge is -2.34. The molecule has 0 unspecified atom stereocenters. The van der Waals surface area contributed by atoms with Crippen LogP contribution in [0.25, 0.3) is 11.3 Å². The highest BCUT2D eigenvalue weighted by atomic mass is 16.6. The van der Waals surface area contributed by atoms with E-state index < -0.39 is 5.41 Å². The number of aromatic nitrogens is 2. The molecule has 1 fully saturated rings. The Morgan fingerprint density at radius 1 is 1.16 bits per heavy atom. The first-order chi connectivity index (χ1) is 15.2. The summed E-state index contributed by atoms with van der Waals surface area (Å²) in [6.45, 7) is 5.24. The lowest BCUT2D eigenvalue weighted by molar-refractivity contribution is 0.124. The number of hydrogen-bond acceptors (Lipinski definition) is 8. The van der Waals surface area contributed by atoms with Crippen LogP contribution in [0.3, 0.4) is 0 Å². The van der Waals surface area contributed by atoms with Crippen molar-refractivity contribution < 1.29 is 9.94 Å². The van der Waals surface area contributed by atoms with Crippen LogP contribution in [0.4, 0.5) is 5.82 Å². The SMILES string of the molecule is CN(C)CCO/N=C1\c2cc(O)ccc2-c2ncnc(N)c2C1(C)C.NC1CCCCC1. The van der Waals surface area contributed by atoms with Crippen molar-refractivity contribution in [3.05, 3.63) is 35.7 Å². The van der Waals surface area contributed by atoms with E-state index in [1.807, 2.05) is 38.9 Å². The van der Waals surface area contributed by atoms with Crippen molar-refractivity contribution in [1.29, 1.82) is 0 Å². The van der Waals surface area contributed by atoms with Gasteiger partial charge in [0.2, 0.25) is 0 Å². The summed E-state index contributed by atoms with van der Waals surface area (Å²) in [7, 11) is 3.95. The normalized spacial score (nSPS) is 18.5. The second-order valence-electron chi connectivity index (χ2n) is 9.31. The van der Waals surface area contributed by atoms with Crippen molar-refractivity contribution in [1.82, 2.24) is 14.9 Å². The molecule has 32 heavy (non-hydrogen) atoms. The number of fused-ring (bicyclic) bond motifs is 3. The van der Waals surface area contributed by atoms with Gasteiger partial charge in [0, 0.05) is 34.7 Å². The van der Waals surface area contributed by atoms with Crippen LogP contribution in [0.5, 0.6) is 5.75 Å². The molecule has 2 aromatic rings. The Hall–Kier alpha value is -2.71. The summed E-state index contributed by atoms with van der Waals surface area (Å²) in [6, 6.07) is 5.67. The summed E-state index contributed by atoms with van der Waals surface area (Å²) < 4.78 is 0. The highest BCUT2D eigenvalue weighted by Gasteiger charge is 2.40. The molecule has 0 bridgehead atoms. The minimum atomic E-state index is -0.556. The molecule has 174 valence electrons. The first kappa shape index (κ1) is 23.9. The smallest absolute Gasteiger partial charge is 0.131 e. The molecule has 2 aliphatic carbocycles. The molecule has 0 aliphatic heterocycles. The average molecular weight is 441 g/mol. The van der Waals surface area contributed by atoms with Gasteiger partial charge in [-0.15, -0.1) is 0 Å². The molecule has 1 aromatic carbocycles. The van der Waals surface area contributed by atoms with Crippen molar-refractivity contribution in [2.45, 2.75) is 57.4 Å². The maximum absolute atomic E-state index is 9.96. The third-order valence-corrected chi connectivity index (χ3v) is 6.04. The zero-order chi connectivity index (χ0) is 23.3. The number of phenolic OH excluding ortho intramolecular Hbond substituents is 1. The topological polar surface area (TPSA) is 123 Å². The minimum absolute atomic E-state index is 0.168. The summed E-state index contributed by atoms with van der Waals surface area (Å²) in [5.41, 5.74) is 15.2. The largest absolute Gasteiger partial charge is 0.508 e. The number of nitrogens with two attached hydrogens (primary N) is 2. The maximum Gasteiger partial charge on any atom is 0.131 e. The van der Waals surface area contributed by atoms with E-state index in [0.29, 0.717) is 24.2 Å². The van der Waals surface area contributed by atoms with Crippen LogP contribution in [0.1, 0.15) is 57.1 Å². The molecule has 2 aliphatic rings. The number of anilines is 1. The van der Waals surface area contributed by atoms with Gasteiger partial charge >= 0.3 is 0 Å². The molecule has 0 amide bonds. The fourth-order valence-electron chi connectivity index (χ4n) is 4.24. The Morgan fingerprint density at radius 3 is 2.50 bits per heavy atom. The molecule has 8 heteroatoms. The van der Waals surface area contributed by atoms with Gasteiger partial charge in [0.25, 0.3) is 0 Å². The van der Waals surface area contributed by atoms with E-state index in [0.717, 1.165) is 28.9 Å². The van der Waals surface area contributed by atoms with Gasteiger partial charge < -0.3 is 26.3 Å². The summed E-state index contributed by atoms with van der Waals surface area (Å²) in [5, 5.41) is 14.4. The van der Waals surface area contributed by atoms with Crippen molar-refractivity contribution in [2.24, 2.45) is 10.9 Å². The van der Waals surface area contributed by atoms with E-state index in [1.54, 1.807) is 12.1 Å². The molecule has 8 nitrogen and oxygen atoms in total. The standard InChI is InChI=1S/C18H23N5O2.C6H13N/c1-18(2)14-15(20-10-21-17(14)19)12-6-5-11(24)9-13(12)16(18)22-25-8-7-23(3)4;7-6-4-2-1-3-5-6/h5-6,9-10,24H,7-8H2,1-4H3,(H2,19,20,21);6H,1-5,7H2/b22-16+;. The number of nitrogens with zero attached hydrogens (tertiary/aromatic N) is 4. The Morgan fingerprint density at radius 2 is 1.88 bits per heavy atom. The van der Waals surface area contributed by atoms with Crippen LogP contribution in [0.15, 0.2) is 29.7 Å². The zero-order valence-corrected chi connectivity index (χ0v) is 19.6. The van der Waals surface area contributed by atoms with Crippen LogP contribution in [0.2, 0.25) is 0 Å². The van der Waals surface area contributed by atoms with E-state index in [-0.39, 0.29) is 5.75 Å². The molecule has 1 saturated carbocycles. The van der Waals surface area contributed by atoms with Crippen molar-refractivity contribution in [3.63, 3.8) is 0 Å². The van der Waals surface area contributed by atoms with Gasteiger partial charge in [0.15, 0.2) is 0 Å². The number of aromatic hydroxyl groups is 1. The highest BCUT2D eigenvalue weighted by Crippen LogP contribution is 2.45. The Bertz CT molecular complexity index is 952. The predicted octanol–water partition coefficient (Wildman–Crippen LogP) is 3.28. The van der Waals surface area contributed by atoms with Crippen molar-refractivity contribution in [2.75, 3.05) is 33.0 Å². The second-order valence-corrected chi connectivity index (χ2v) is 9.31. The van der Waals surface area contributed by atoms with Gasteiger partial charge in [0.1, 0.15) is 24.5 Å². The van der Waals surface area contributed by atoms with Crippen LogP contribution in [0, 0.1) is 0 Å². The van der Waals surface area contributed by atoms with E-state index in [1.165, 1.54) is 38.4 Å². The van der Waals surface area contributed by atoms with E-state index in [9.17, 15) is 5.11 Å². The molecule has 0 saturated heterocycles. The monoisotopic (exact) mass is 440 g/mol. The first-order valence-corrected chi connectivity index (χ1v) is 11.3. The number of likely N-dealkylation sites (N-methyl/N-ethyl adjacent to an activating group) is 1. The highest BCUT2D eigenvalue weighted by molar-refractivity contribution is 6.15. The lowest BCUT2D eigenvalue weighted by Crippen LogP contribution is -2.36. The fourth-order valence-corrected chi connectivity index (χ4v) is 4.24. The molecule has 0 atom stereocenters. The predicted molar refractivity (Wildman–Crippen MR) is 129 cm³/mol. The number of oxime groups is 1. The summed E-state index contributed by atoms with van der Waals surface area (Å²) >= 11 is 0. The van der Waals surface area contributed by atoms with Gasteiger partial charge in [-0.25, -0.2) is 9.97 Å². The van der Waals surface area contributed by atoms with Gasteiger partial charge in [0.05, 0.1) is 11.4 Å². The zero-order valence-electron chi connectivity index (χ0n) is 19.6. The first-order valence-electron chi connectivity index (χ1n) is 11.3. The van der Waals surface area contributed by atoms with Crippen LogP contribution in [-0.2, 0) is 10.3 Å². The van der Waals surface area contributed by atoms with Crippen LogP contribution < -0.4 is 11.5 Å². The number of hydrogen-bond donors (Lipinski definition) is 3. The number of benzene rings is 1. The summed E-state index contributed by atoms with van der Waals surface area (Å²) in [5.74, 6) is 0.593. The fraction of sp³-hybridized carbons (Fsp3) is 0.542. The lowest BCUT2D eigenvalue weighted by atomic mass is 9.70. The van der Waals surface area contributed by atoms with Gasteiger partial charge in [-0.2, -0.15) is 0 Å². The summed E-state index contributed by atoms with van der Waals surface area (Å²) in [4.78, 5) is 16.1. The number of nitrogen functional groups attached to an aromatic ring is 1. The Kier molecular flexibility index (Phi) is 7.69. The molecule has 5 N–H and O–H groups in total. The summed E-state index contributed by atoms with van der Waals surface area (Å²) in [6.07, 6.45) is 8.12. The van der Waals surface area contributed by atoms with Crippen molar-refractivity contribution in [3.8, 4) is 17.0 Å².